The van der Waals surface area contributed by atoms with Gasteiger partial charge in [-0.15, -0.1) is 0 Å². The van der Waals surface area contributed by atoms with Crippen molar-refractivity contribution in [3.05, 3.63) is 55.0 Å². The molecule has 0 atom stereocenters. The zero-order valence-electron chi connectivity index (χ0n) is 7.96. The Hall–Kier alpha value is -2.16. The topological polar surface area (TPSA) is 30.2 Å². The van der Waals surface area contributed by atoms with Gasteiger partial charge >= 0.3 is 0 Å². The van der Waals surface area contributed by atoms with E-state index < -0.39 is 0 Å². The molecule has 0 amide bonds. The van der Waals surface area contributed by atoms with E-state index in [4.69, 9.17) is 0 Å². The second-order valence-electron chi connectivity index (χ2n) is 3.27. The number of rotatable bonds is 1. The van der Waals surface area contributed by atoms with Crippen LogP contribution in [-0.4, -0.2) is 14.6 Å². The minimum Gasteiger partial charge on any atom is -0.236 e. The van der Waals surface area contributed by atoms with Gasteiger partial charge in [-0.2, -0.15) is 5.10 Å². The number of benzene rings is 1. The zero-order chi connectivity index (χ0) is 10.1. The van der Waals surface area contributed by atoms with E-state index in [0.717, 1.165) is 16.8 Å². The maximum atomic E-state index is 4.31. The Morgan fingerprint density at radius 1 is 1.07 bits per heavy atom. The number of aromatic nitrogens is 3. The van der Waals surface area contributed by atoms with Crippen LogP contribution in [-0.2, 0) is 0 Å². The second-order valence-corrected chi connectivity index (χ2v) is 3.27. The van der Waals surface area contributed by atoms with Crippen molar-refractivity contribution in [2.75, 3.05) is 0 Å². The van der Waals surface area contributed by atoms with Gasteiger partial charge in [-0.1, -0.05) is 24.3 Å². The first-order valence-electron chi connectivity index (χ1n) is 4.69. The molecule has 15 heavy (non-hydrogen) atoms. The van der Waals surface area contributed by atoms with Crippen LogP contribution in [0, 0.1) is 6.07 Å². The summed E-state index contributed by atoms with van der Waals surface area (Å²) in [4.78, 5) is 4.31. The summed E-state index contributed by atoms with van der Waals surface area (Å²) in [5.74, 6) is 0. The molecule has 3 heteroatoms. The summed E-state index contributed by atoms with van der Waals surface area (Å²) in [7, 11) is 0. The number of nitrogens with zero attached hydrogens (tertiary/aromatic N) is 3. The van der Waals surface area contributed by atoms with E-state index in [0.29, 0.717) is 0 Å². The van der Waals surface area contributed by atoms with E-state index in [1.807, 2.05) is 42.7 Å². The van der Waals surface area contributed by atoms with Crippen LogP contribution >= 0.6 is 0 Å². The number of fused-ring (bicyclic) bond motifs is 1. The van der Waals surface area contributed by atoms with Crippen LogP contribution in [0.5, 0.6) is 0 Å². The number of hydrogen-bond donors (Lipinski definition) is 0. The Kier molecular flexibility index (Phi) is 1.75. The van der Waals surface area contributed by atoms with Crippen LogP contribution in [0.1, 0.15) is 0 Å². The molecule has 0 saturated carbocycles. The van der Waals surface area contributed by atoms with Crippen molar-refractivity contribution in [3.63, 3.8) is 0 Å². The van der Waals surface area contributed by atoms with Crippen molar-refractivity contribution in [2.24, 2.45) is 0 Å². The quantitative estimate of drug-likeness (QED) is 0.594. The molecular weight excluding hydrogens is 186 g/mol. The standard InChI is InChI=1S/C12H8N3/c1-2-4-10(5-3-1)11-8-13-12-6-7-14-15(12)9-11/h2-9H. The lowest BCUT2D eigenvalue weighted by molar-refractivity contribution is 0.941. The maximum absolute atomic E-state index is 4.31. The van der Waals surface area contributed by atoms with Gasteiger partial charge in [0, 0.05) is 24.0 Å². The zero-order valence-corrected chi connectivity index (χ0v) is 7.96. The fourth-order valence-corrected chi connectivity index (χ4v) is 1.54. The third-order valence-electron chi connectivity index (χ3n) is 2.30. The van der Waals surface area contributed by atoms with Gasteiger partial charge in [0.1, 0.15) is 0 Å². The molecule has 0 spiro atoms. The molecule has 0 aliphatic carbocycles. The van der Waals surface area contributed by atoms with Gasteiger partial charge in [0.15, 0.2) is 5.65 Å². The number of hydrogen-bond acceptors (Lipinski definition) is 2. The first-order valence-corrected chi connectivity index (χ1v) is 4.69. The third-order valence-corrected chi connectivity index (χ3v) is 2.30. The van der Waals surface area contributed by atoms with Crippen LogP contribution in [0.2, 0.25) is 0 Å². The van der Waals surface area contributed by atoms with E-state index >= 15 is 0 Å². The van der Waals surface area contributed by atoms with Crippen molar-refractivity contribution in [1.82, 2.24) is 14.6 Å². The molecule has 0 saturated heterocycles. The Morgan fingerprint density at radius 2 is 1.93 bits per heavy atom. The molecule has 3 aromatic rings. The lowest BCUT2D eigenvalue weighted by Gasteiger charge is -2.00. The van der Waals surface area contributed by atoms with Gasteiger partial charge in [0.25, 0.3) is 0 Å². The van der Waals surface area contributed by atoms with Gasteiger partial charge in [0.05, 0.1) is 6.20 Å². The van der Waals surface area contributed by atoms with Crippen LogP contribution in [0.15, 0.2) is 48.9 Å². The highest BCUT2D eigenvalue weighted by molar-refractivity contribution is 5.62. The van der Waals surface area contributed by atoms with Gasteiger partial charge in [-0.3, -0.25) is 0 Å². The first kappa shape index (κ1) is 8.17. The molecule has 0 fully saturated rings. The Morgan fingerprint density at radius 3 is 2.80 bits per heavy atom. The summed E-state index contributed by atoms with van der Waals surface area (Å²) >= 11 is 0. The first-order chi connectivity index (χ1) is 7.43. The summed E-state index contributed by atoms with van der Waals surface area (Å²) in [6, 6.07) is 12.7. The third kappa shape index (κ3) is 1.38. The van der Waals surface area contributed by atoms with E-state index in [2.05, 4.69) is 16.1 Å². The van der Waals surface area contributed by atoms with Crippen LogP contribution in [0.4, 0.5) is 0 Å². The van der Waals surface area contributed by atoms with Crippen LogP contribution in [0.3, 0.4) is 0 Å². The Labute approximate surface area is 87.0 Å². The molecule has 0 bridgehead atoms. The van der Waals surface area contributed by atoms with Crippen molar-refractivity contribution < 1.29 is 0 Å². The molecule has 3 nitrogen and oxygen atoms in total. The molecule has 71 valence electrons. The molecule has 2 aromatic heterocycles. The Bertz CT molecular complexity index is 584. The predicted octanol–water partition coefficient (Wildman–Crippen LogP) is 2.20. The van der Waals surface area contributed by atoms with Crippen molar-refractivity contribution in [3.8, 4) is 11.1 Å². The molecule has 0 N–H and O–H groups in total. The van der Waals surface area contributed by atoms with E-state index in [-0.39, 0.29) is 0 Å². The normalized spacial score (nSPS) is 10.7. The average Bonchev–Trinajstić information content (AvgIpc) is 2.77. The largest absolute Gasteiger partial charge is 0.236 e. The highest BCUT2D eigenvalue weighted by atomic mass is 15.2. The van der Waals surface area contributed by atoms with E-state index in [9.17, 15) is 0 Å². The summed E-state index contributed by atoms with van der Waals surface area (Å²) in [5.41, 5.74) is 3.04. The lowest BCUT2D eigenvalue weighted by atomic mass is 10.1. The van der Waals surface area contributed by atoms with Crippen molar-refractivity contribution in [2.45, 2.75) is 0 Å². The molecule has 0 aliphatic rings. The molecular formula is C12H8N3. The van der Waals surface area contributed by atoms with Crippen LogP contribution in [0.25, 0.3) is 16.8 Å². The average molecular weight is 194 g/mol. The maximum Gasteiger partial charge on any atom is 0.154 e. The lowest BCUT2D eigenvalue weighted by Crippen LogP contribution is -1.90. The SMILES string of the molecule is [c]1ccc(-c2cnc3ccnn3c2)cc1. The fourth-order valence-electron chi connectivity index (χ4n) is 1.54. The minimum atomic E-state index is 0.862. The van der Waals surface area contributed by atoms with E-state index in [1.165, 1.54) is 0 Å². The molecule has 2 heterocycles. The molecule has 0 aliphatic heterocycles. The van der Waals surface area contributed by atoms with Crippen LogP contribution < -0.4 is 0 Å². The molecule has 1 aromatic carbocycles. The predicted molar refractivity (Wildman–Crippen MR) is 57.3 cm³/mol. The summed E-state index contributed by atoms with van der Waals surface area (Å²) in [6.07, 6.45) is 5.56. The monoisotopic (exact) mass is 194 g/mol. The summed E-state index contributed by atoms with van der Waals surface area (Å²) in [5, 5.41) is 4.15. The van der Waals surface area contributed by atoms with Gasteiger partial charge in [-0.25, -0.2) is 9.50 Å². The van der Waals surface area contributed by atoms with Crippen molar-refractivity contribution >= 4 is 5.65 Å². The smallest absolute Gasteiger partial charge is 0.154 e. The van der Waals surface area contributed by atoms with Gasteiger partial charge in [-0.05, 0) is 11.6 Å². The molecule has 0 unspecified atom stereocenters. The Balaban J connectivity index is 2.19. The summed E-state index contributed by atoms with van der Waals surface area (Å²) in [6.45, 7) is 0. The minimum absolute atomic E-state index is 0.862. The highest BCUT2D eigenvalue weighted by Gasteiger charge is 1.99. The van der Waals surface area contributed by atoms with Gasteiger partial charge < -0.3 is 0 Å². The summed E-state index contributed by atoms with van der Waals surface area (Å²) < 4.78 is 1.77. The van der Waals surface area contributed by atoms with E-state index in [1.54, 1.807) is 10.7 Å². The molecule has 1 radical (unpaired) electrons. The highest BCUT2D eigenvalue weighted by Crippen LogP contribution is 2.17. The molecule has 3 rings (SSSR count). The fraction of sp³-hybridized carbons (Fsp3) is 0. The van der Waals surface area contributed by atoms with Crippen molar-refractivity contribution in [1.29, 1.82) is 0 Å². The second kappa shape index (κ2) is 3.20. The van der Waals surface area contributed by atoms with Gasteiger partial charge in [0.2, 0.25) is 0 Å².